The summed E-state index contributed by atoms with van der Waals surface area (Å²) >= 11 is 0. The zero-order chi connectivity index (χ0) is 8.04. The Balaban J connectivity index is 3.28. The SMILES string of the molecule is OCCCCC(O)(O)CO. The lowest BCUT2D eigenvalue weighted by molar-refractivity contribution is -0.191. The van der Waals surface area contributed by atoms with Gasteiger partial charge in [0.2, 0.25) is 0 Å². The second-order valence-electron chi connectivity index (χ2n) is 2.32. The average Bonchev–Trinajstić information content (AvgIpc) is 1.89. The Labute approximate surface area is 59.7 Å². The van der Waals surface area contributed by atoms with E-state index in [4.69, 9.17) is 20.4 Å². The number of aliphatic hydroxyl groups excluding tert-OH is 2. The fraction of sp³-hybridized carbons (Fsp3) is 1.00. The molecular formula is C6H14O4. The highest BCUT2D eigenvalue weighted by atomic mass is 16.5. The van der Waals surface area contributed by atoms with Crippen molar-refractivity contribution >= 4 is 0 Å². The lowest BCUT2D eigenvalue weighted by Crippen LogP contribution is -2.32. The van der Waals surface area contributed by atoms with Crippen molar-refractivity contribution in [3.8, 4) is 0 Å². The average molecular weight is 150 g/mol. The van der Waals surface area contributed by atoms with Crippen molar-refractivity contribution in [2.45, 2.75) is 25.0 Å². The number of aliphatic hydroxyl groups is 4. The third-order valence-corrected chi connectivity index (χ3v) is 1.24. The summed E-state index contributed by atoms with van der Waals surface area (Å²) in [7, 11) is 0. The summed E-state index contributed by atoms with van der Waals surface area (Å²) in [6.07, 6.45) is 1.14. The van der Waals surface area contributed by atoms with E-state index >= 15 is 0 Å². The van der Waals surface area contributed by atoms with Crippen LogP contribution < -0.4 is 0 Å². The Morgan fingerprint density at radius 2 is 1.60 bits per heavy atom. The van der Waals surface area contributed by atoms with Crippen LogP contribution in [0.25, 0.3) is 0 Å². The molecule has 0 fully saturated rings. The van der Waals surface area contributed by atoms with E-state index in [-0.39, 0.29) is 13.0 Å². The number of rotatable bonds is 5. The van der Waals surface area contributed by atoms with Crippen LogP contribution in [-0.4, -0.2) is 39.4 Å². The Morgan fingerprint density at radius 3 is 2.00 bits per heavy atom. The van der Waals surface area contributed by atoms with E-state index in [9.17, 15) is 0 Å². The van der Waals surface area contributed by atoms with Gasteiger partial charge in [-0.15, -0.1) is 0 Å². The van der Waals surface area contributed by atoms with E-state index in [2.05, 4.69) is 0 Å². The van der Waals surface area contributed by atoms with Crippen molar-refractivity contribution in [2.75, 3.05) is 13.2 Å². The fourth-order valence-electron chi connectivity index (χ4n) is 0.599. The third kappa shape index (κ3) is 4.69. The molecule has 0 aliphatic carbocycles. The Hall–Kier alpha value is -0.160. The maximum absolute atomic E-state index is 8.77. The van der Waals surface area contributed by atoms with Gasteiger partial charge in [-0.1, -0.05) is 0 Å². The largest absolute Gasteiger partial charge is 0.396 e. The number of unbranched alkanes of at least 4 members (excludes halogenated alkanes) is 1. The molecule has 4 N–H and O–H groups in total. The molecule has 0 atom stereocenters. The first kappa shape index (κ1) is 9.84. The summed E-state index contributed by atoms with van der Waals surface area (Å²) in [6, 6.07) is 0. The van der Waals surface area contributed by atoms with Gasteiger partial charge in [0.05, 0.1) is 6.61 Å². The predicted octanol–water partition coefficient (Wildman–Crippen LogP) is -1.18. The maximum Gasteiger partial charge on any atom is 0.186 e. The first-order valence-electron chi connectivity index (χ1n) is 3.29. The molecule has 0 unspecified atom stereocenters. The Bertz CT molecular complexity index is 81.8. The molecule has 0 spiro atoms. The first-order valence-corrected chi connectivity index (χ1v) is 3.29. The summed E-state index contributed by atoms with van der Waals surface area (Å²) < 4.78 is 0. The third-order valence-electron chi connectivity index (χ3n) is 1.24. The Morgan fingerprint density at radius 1 is 1.00 bits per heavy atom. The van der Waals surface area contributed by atoms with Gasteiger partial charge < -0.3 is 20.4 Å². The van der Waals surface area contributed by atoms with E-state index < -0.39 is 12.4 Å². The van der Waals surface area contributed by atoms with Gasteiger partial charge in [0.15, 0.2) is 5.79 Å². The molecule has 0 bridgehead atoms. The minimum atomic E-state index is -1.96. The highest BCUT2D eigenvalue weighted by molar-refractivity contribution is 4.61. The van der Waals surface area contributed by atoms with Crippen molar-refractivity contribution in [3.05, 3.63) is 0 Å². The topological polar surface area (TPSA) is 80.9 Å². The monoisotopic (exact) mass is 150 g/mol. The lowest BCUT2D eigenvalue weighted by atomic mass is 10.1. The smallest absolute Gasteiger partial charge is 0.186 e. The molecule has 10 heavy (non-hydrogen) atoms. The van der Waals surface area contributed by atoms with Crippen LogP contribution in [0.4, 0.5) is 0 Å². The predicted molar refractivity (Wildman–Crippen MR) is 35.2 cm³/mol. The van der Waals surface area contributed by atoms with Crippen molar-refractivity contribution in [1.29, 1.82) is 0 Å². The van der Waals surface area contributed by atoms with E-state index in [1.165, 1.54) is 0 Å². The van der Waals surface area contributed by atoms with Gasteiger partial charge in [0.1, 0.15) is 0 Å². The summed E-state index contributed by atoms with van der Waals surface area (Å²) in [5, 5.41) is 34.2. The zero-order valence-electron chi connectivity index (χ0n) is 5.82. The highest BCUT2D eigenvalue weighted by Gasteiger charge is 2.19. The van der Waals surface area contributed by atoms with Crippen molar-refractivity contribution < 1.29 is 20.4 Å². The molecule has 0 amide bonds. The number of hydrogen-bond donors (Lipinski definition) is 4. The van der Waals surface area contributed by atoms with Crippen LogP contribution in [-0.2, 0) is 0 Å². The lowest BCUT2D eigenvalue weighted by Gasteiger charge is -2.17. The molecule has 0 aromatic rings. The first-order chi connectivity index (χ1) is 4.62. The van der Waals surface area contributed by atoms with Gasteiger partial charge in [-0.05, 0) is 12.8 Å². The van der Waals surface area contributed by atoms with Crippen LogP contribution >= 0.6 is 0 Å². The second-order valence-corrected chi connectivity index (χ2v) is 2.32. The summed E-state index contributed by atoms with van der Waals surface area (Å²) in [5.41, 5.74) is 0. The van der Waals surface area contributed by atoms with Gasteiger partial charge in [0.25, 0.3) is 0 Å². The molecule has 0 saturated heterocycles. The Kier molecular flexibility index (Phi) is 4.55. The van der Waals surface area contributed by atoms with Crippen LogP contribution in [0.3, 0.4) is 0 Å². The molecule has 0 aliphatic heterocycles. The molecule has 0 saturated carbocycles. The van der Waals surface area contributed by atoms with Crippen LogP contribution in [0.15, 0.2) is 0 Å². The number of hydrogen-bond acceptors (Lipinski definition) is 4. The zero-order valence-corrected chi connectivity index (χ0v) is 5.82. The molecule has 4 nitrogen and oxygen atoms in total. The molecule has 0 aromatic carbocycles. The van der Waals surface area contributed by atoms with E-state index in [1.807, 2.05) is 0 Å². The van der Waals surface area contributed by atoms with Crippen molar-refractivity contribution in [3.63, 3.8) is 0 Å². The quantitative estimate of drug-likeness (QED) is 0.294. The van der Waals surface area contributed by atoms with E-state index in [1.54, 1.807) is 0 Å². The van der Waals surface area contributed by atoms with Gasteiger partial charge in [-0.3, -0.25) is 0 Å². The molecule has 0 heterocycles. The highest BCUT2D eigenvalue weighted by Crippen LogP contribution is 2.08. The molecule has 4 heteroatoms. The molecule has 0 aromatic heterocycles. The van der Waals surface area contributed by atoms with Crippen molar-refractivity contribution in [2.24, 2.45) is 0 Å². The summed E-state index contributed by atoms with van der Waals surface area (Å²) in [6.45, 7) is -0.611. The van der Waals surface area contributed by atoms with Crippen LogP contribution in [0.2, 0.25) is 0 Å². The molecular weight excluding hydrogens is 136 g/mol. The van der Waals surface area contributed by atoms with E-state index in [0.29, 0.717) is 12.8 Å². The van der Waals surface area contributed by atoms with Gasteiger partial charge in [-0.2, -0.15) is 0 Å². The maximum atomic E-state index is 8.77. The van der Waals surface area contributed by atoms with Crippen LogP contribution in [0.5, 0.6) is 0 Å². The van der Waals surface area contributed by atoms with Gasteiger partial charge >= 0.3 is 0 Å². The van der Waals surface area contributed by atoms with Crippen LogP contribution in [0, 0.1) is 0 Å². The standard InChI is InChI=1S/C6H14O4/c7-4-2-1-3-6(9,10)5-8/h7-10H,1-5H2. The van der Waals surface area contributed by atoms with Crippen molar-refractivity contribution in [1.82, 2.24) is 0 Å². The normalized spacial score (nSPS) is 12.0. The van der Waals surface area contributed by atoms with Crippen LogP contribution in [0.1, 0.15) is 19.3 Å². The minimum absolute atomic E-state index is 0.0432. The fourth-order valence-corrected chi connectivity index (χ4v) is 0.599. The summed E-state index contributed by atoms with van der Waals surface area (Å²) in [4.78, 5) is 0. The summed E-state index contributed by atoms with van der Waals surface area (Å²) in [5.74, 6) is -1.96. The second kappa shape index (κ2) is 4.62. The minimum Gasteiger partial charge on any atom is -0.396 e. The van der Waals surface area contributed by atoms with E-state index in [0.717, 1.165) is 0 Å². The molecule has 0 radical (unpaired) electrons. The molecule has 62 valence electrons. The molecule has 0 rings (SSSR count). The van der Waals surface area contributed by atoms with Gasteiger partial charge in [-0.25, -0.2) is 0 Å². The van der Waals surface area contributed by atoms with Gasteiger partial charge in [0, 0.05) is 13.0 Å². The molecule has 0 aliphatic rings.